The minimum atomic E-state index is 0.544. The average molecular weight is 226 g/mol. The lowest BCUT2D eigenvalue weighted by Gasteiger charge is -2.32. The molecule has 98 valence electrons. The molecule has 0 amide bonds. The summed E-state index contributed by atoms with van der Waals surface area (Å²) in [6.45, 7) is 14.3. The van der Waals surface area contributed by atoms with Gasteiger partial charge in [0.25, 0.3) is 0 Å². The topological polar surface area (TPSA) is 0 Å². The maximum Gasteiger partial charge on any atom is -0.0329 e. The molecule has 2 unspecified atom stereocenters. The molecule has 0 saturated heterocycles. The molecule has 2 atom stereocenters. The van der Waals surface area contributed by atoms with Crippen LogP contribution < -0.4 is 0 Å². The van der Waals surface area contributed by atoms with Gasteiger partial charge in [0.2, 0.25) is 0 Å². The van der Waals surface area contributed by atoms with E-state index in [2.05, 4.69) is 41.5 Å². The first kappa shape index (κ1) is 16.0. The fourth-order valence-electron chi connectivity index (χ4n) is 2.69. The van der Waals surface area contributed by atoms with Crippen molar-refractivity contribution >= 4 is 0 Å². The third-order valence-corrected chi connectivity index (χ3v) is 4.34. The van der Waals surface area contributed by atoms with E-state index in [1.54, 1.807) is 0 Å². The van der Waals surface area contributed by atoms with E-state index in [9.17, 15) is 0 Å². The van der Waals surface area contributed by atoms with Crippen LogP contribution >= 0.6 is 0 Å². The summed E-state index contributed by atoms with van der Waals surface area (Å²) in [5, 5.41) is 0. The van der Waals surface area contributed by atoms with E-state index in [1.807, 2.05) is 0 Å². The quantitative estimate of drug-likeness (QED) is 0.448. The van der Waals surface area contributed by atoms with E-state index in [-0.39, 0.29) is 0 Å². The zero-order valence-corrected chi connectivity index (χ0v) is 12.6. The minimum absolute atomic E-state index is 0.544. The summed E-state index contributed by atoms with van der Waals surface area (Å²) in [4.78, 5) is 0. The molecule has 0 rings (SSSR count). The van der Waals surface area contributed by atoms with Crippen LogP contribution in [0.1, 0.15) is 86.5 Å². The Balaban J connectivity index is 3.75. The molecule has 0 spiro atoms. The first-order chi connectivity index (χ1) is 7.44. The molecule has 0 saturated carbocycles. The molecule has 0 aliphatic carbocycles. The number of rotatable bonds is 9. The van der Waals surface area contributed by atoms with Crippen molar-refractivity contribution in [1.82, 2.24) is 0 Å². The molecule has 0 fully saturated rings. The van der Waals surface area contributed by atoms with E-state index in [0.717, 1.165) is 11.8 Å². The molecule has 0 nitrogen and oxygen atoms in total. The third kappa shape index (κ3) is 6.55. The van der Waals surface area contributed by atoms with Gasteiger partial charge in [-0.1, -0.05) is 80.1 Å². The lowest BCUT2D eigenvalue weighted by Crippen LogP contribution is -2.21. The van der Waals surface area contributed by atoms with Gasteiger partial charge < -0.3 is 0 Å². The zero-order chi connectivity index (χ0) is 12.6. The van der Waals surface area contributed by atoms with Crippen molar-refractivity contribution in [3.8, 4) is 0 Å². The van der Waals surface area contributed by atoms with Gasteiger partial charge in [0.1, 0.15) is 0 Å². The summed E-state index contributed by atoms with van der Waals surface area (Å²) in [7, 11) is 0. The van der Waals surface area contributed by atoms with E-state index >= 15 is 0 Å². The molecule has 16 heavy (non-hydrogen) atoms. The van der Waals surface area contributed by atoms with E-state index in [1.165, 1.54) is 44.9 Å². The lowest BCUT2D eigenvalue weighted by atomic mass is 9.74. The molecular weight excluding hydrogens is 192 g/mol. The lowest BCUT2D eigenvalue weighted by molar-refractivity contribution is 0.192. The molecule has 0 aromatic rings. The average Bonchev–Trinajstić information content (AvgIpc) is 2.17. The molecule has 0 aliphatic heterocycles. The number of hydrogen-bond donors (Lipinski definition) is 0. The van der Waals surface area contributed by atoms with E-state index < -0.39 is 0 Å². The Morgan fingerprint density at radius 3 is 2.00 bits per heavy atom. The Kier molecular flexibility index (Phi) is 8.14. The molecule has 0 N–H and O–H groups in total. The summed E-state index contributed by atoms with van der Waals surface area (Å²) in [5.74, 6) is 1.81. The predicted molar refractivity (Wildman–Crippen MR) is 75.8 cm³/mol. The fourth-order valence-corrected chi connectivity index (χ4v) is 2.69. The predicted octanol–water partition coefficient (Wildman–Crippen LogP) is 6.06. The summed E-state index contributed by atoms with van der Waals surface area (Å²) in [6.07, 6.45) is 9.73. The largest absolute Gasteiger partial charge is 0.0654 e. The van der Waals surface area contributed by atoms with Crippen molar-refractivity contribution in [2.45, 2.75) is 86.5 Å². The molecule has 0 bridgehead atoms. The van der Waals surface area contributed by atoms with Crippen LogP contribution in [-0.4, -0.2) is 0 Å². The summed E-state index contributed by atoms with van der Waals surface area (Å²) < 4.78 is 0. The first-order valence-electron chi connectivity index (χ1n) is 7.44. The van der Waals surface area contributed by atoms with Gasteiger partial charge in [-0.05, 0) is 23.7 Å². The Morgan fingerprint density at radius 2 is 1.50 bits per heavy atom. The van der Waals surface area contributed by atoms with E-state index in [4.69, 9.17) is 0 Å². The Bertz CT molecular complexity index is 157. The van der Waals surface area contributed by atoms with Crippen LogP contribution in [0.15, 0.2) is 0 Å². The maximum atomic E-state index is 2.44. The molecule has 0 radical (unpaired) electrons. The standard InChI is InChI=1S/C16H34/c1-7-10-14(3)11-9-12-15(4)16(5,6)13-8-2/h14-15H,7-13H2,1-6H3. The molecule has 0 aromatic carbocycles. The van der Waals surface area contributed by atoms with Gasteiger partial charge in [-0.15, -0.1) is 0 Å². The zero-order valence-electron chi connectivity index (χ0n) is 12.6. The Hall–Kier alpha value is 0. The van der Waals surface area contributed by atoms with Gasteiger partial charge >= 0.3 is 0 Å². The van der Waals surface area contributed by atoms with Crippen LogP contribution in [0.4, 0.5) is 0 Å². The van der Waals surface area contributed by atoms with Crippen molar-refractivity contribution in [2.24, 2.45) is 17.3 Å². The second kappa shape index (κ2) is 8.14. The van der Waals surface area contributed by atoms with Gasteiger partial charge in [0.05, 0.1) is 0 Å². The fraction of sp³-hybridized carbons (Fsp3) is 1.00. The molecule has 0 heteroatoms. The Labute approximate surface area is 104 Å². The van der Waals surface area contributed by atoms with Crippen LogP contribution in [0.25, 0.3) is 0 Å². The molecule has 0 aromatic heterocycles. The second-order valence-corrected chi connectivity index (χ2v) is 6.46. The van der Waals surface area contributed by atoms with Crippen LogP contribution in [-0.2, 0) is 0 Å². The van der Waals surface area contributed by atoms with Gasteiger partial charge in [-0.3, -0.25) is 0 Å². The summed E-state index contributed by atoms with van der Waals surface area (Å²) >= 11 is 0. The highest BCUT2D eigenvalue weighted by Gasteiger charge is 2.24. The Morgan fingerprint density at radius 1 is 0.875 bits per heavy atom. The first-order valence-corrected chi connectivity index (χ1v) is 7.44. The third-order valence-electron chi connectivity index (χ3n) is 4.34. The van der Waals surface area contributed by atoms with Gasteiger partial charge in [0, 0.05) is 0 Å². The maximum absolute atomic E-state index is 2.44. The van der Waals surface area contributed by atoms with Crippen molar-refractivity contribution in [1.29, 1.82) is 0 Å². The molecule has 0 aliphatic rings. The SMILES string of the molecule is CCCC(C)CCCC(C)C(C)(C)CCC. The normalized spacial score (nSPS) is 16.1. The highest BCUT2D eigenvalue weighted by atomic mass is 14.3. The molecular formula is C16H34. The summed E-state index contributed by atoms with van der Waals surface area (Å²) in [6, 6.07) is 0. The van der Waals surface area contributed by atoms with Gasteiger partial charge in [-0.2, -0.15) is 0 Å². The summed E-state index contributed by atoms with van der Waals surface area (Å²) in [5.41, 5.74) is 0.544. The van der Waals surface area contributed by atoms with Crippen LogP contribution in [0.5, 0.6) is 0 Å². The monoisotopic (exact) mass is 226 g/mol. The van der Waals surface area contributed by atoms with Crippen molar-refractivity contribution in [2.75, 3.05) is 0 Å². The van der Waals surface area contributed by atoms with E-state index in [0.29, 0.717) is 5.41 Å². The van der Waals surface area contributed by atoms with Crippen LogP contribution in [0.3, 0.4) is 0 Å². The van der Waals surface area contributed by atoms with Crippen LogP contribution in [0.2, 0.25) is 0 Å². The van der Waals surface area contributed by atoms with Crippen molar-refractivity contribution in [3.05, 3.63) is 0 Å². The highest BCUT2D eigenvalue weighted by molar-refractivity contribution is 4.75. The number of hydrogen-bond acceptors (Lipinski definition) is 0. The highest BCUT2D eigenvalue weighted by Crippen LogP contribution is 2.35. The van der Waals surface area contributed by atoms with Gasteiger partial charge in [0.15, 0.2) is 0 Å². The van der Waals surface area contributed by atoms with Crippen molar-refractivity contribution in [3.63, 3.8) is 0 Å². The molecule has 0 heterocycles. The van der Waals surface area contributed by atoms with Crippen molar-refractivity contribution < 1.29 is 0 Å². The minimum Gasteiger partial charge on any atom is -0.0654 e. The van der Waals surface area contributed by atoms with Gasteiger partial charge in [-0.25, -0.2) is 0 Å². The smallest absolute Gasteiger partial charge is 0.0329 e. The second-order valence-electron chi connectivity index (χ2n) is 6.46. The van der Waals surface area contributed by atoms with Crippen LogP contribution in [0, 0.1) is 17.3 Å².